The van der Waals surface area contributed by atoms with Gasteiger partial charge in [-0.05, 0) is 39.3 Å². The van der Waals surface area contributed by atoms with Gasteiger partial charge in [0.25, 0.3) is 0 Å². The van der Waals surface area contributed by atoms with Crippen LogP contribution in [0.15, 0.2) is 0 Å². The number of aliphatic carboxylic acids is 2. The van der Waals surface area contributed by atoms with Crippen molar-refractivity contribution in [3.63, 3.8) is 0 Å². The molecule has 1 atom stereocenters. The fraction of sp³-hybridized carbons (Fsp3) is 0.875. The van der Waals surface area contributed by atoms with E-state index in [4.69, 9.17) is 15.3 Å². The quantitative estimate of drug-likeness (QED) is 0.588. The molecule has 0 radical (unpaired) electrons. The monoisotopic (exact) mass is 336 g/mol. The standard InChI is InChI=1S/2C6H15N.C4H6O5/c2*1-4-7(5-2)6-3;5-2(4(8)9)1-3(6)7/h2*4-6H2,1-3H3;2,5H,1H2,(H,6,7)(H,8,9). The molecular formula is C16H36N2O5. The molecule has 0 aliphatic carbocycles. The summed E-state index contributed by atoms with van der Waals surface area (Å²) < 4.78 is 0. The van der Waals surface area contributed by atoms with Gasteiger partial charge in [-0.15, -0.1) is 0 Å². The van der Waals surface area contributed by atoms with Gasteiger partial charge in [0, 0.05) is 0 Å². The van der Waals surface area contributed by atoms with E-state index >= 15 is 0 Å². The second-order valence-corrected chi connectivity index (χ2v) is 4.69. The Balaban J connectivity index is -0.000000264. The highest BCUT2D eigenvalue weighted by Gasteiger charge is 2.16. The zero-order valence-corrected chi connectivity index (χ0v) is 15.6. The molecule has 0 aromatic heterocycles. The molecule has 7 heteroatoms. The molecule has 7 nitrogen and oxygen atoms in total. The number of carboxylic acids is 2. The van der Waals surface area contributed by atoms with E-state index in [2.05, 4.69) is 51.3 Å². The number of hydrogen-bond acceptors (Lipinski definition) is 5. The average Bonchev–Trinajstić information content (AvgIpc) is 2.51. The summed E-state index contributed by atoms with van der Waals surface area (Å²) in [4.78, 5) is 24.2. The van der Waals surface area contributed by atoms with Crippen LogP contribution in [0.25, 0.3) is 0 Å². The number of hydrogen-bond donors (Lipinski definition) is 3. The first-order valence-corrected chi connectivity index (χ1v) is 8.30. The Morgan fingerprint density at radius 1 is 0.739 bits per heavy atom. The summed E-state index contributed by atoms with van der Waals surface area (Å²) in [5, 5.41) is 24.1. The van der Waals surface area contributed by atoms with Crippen LogP contribution in [-0.2, 0) is 9.59 Å². The maximum atomic E-state index is 9.72. The molecule has 0 aliphatic rings. The minimum absolute atomic E-state index is 0.755. The number of nitrogens with zero attached hydrogens (tertiary/aromatic N) is 2. The van der Waals surface area contributed by atoms with Gasteiger partial charge in [0.2, 0.25) is 0 Å². The minimum atomic E-state index is -1.79. The van der Waals surface area contributed by atoms with Crippen molar-refractivity contribution in [3.8, 4) is 0 Å². The van der Waals surface area contributed by atoms with Crippen LogP contribution in [0.4, 0.5) is 0 Å². The molecule has 0 saturated carbocycles. The van der Waals surface area contributed by atoms with Gasteiger partial charge < -0.3 is 25.1 Å². The van der Waals surface area contributed by atoms with Gasteiger partial charge >= 0.3 is 11.9 Å². The SMILES string of the molecule is CCN(CC)CC.CCN(CC)CC.O=C(O)CC(O)C(=O)O. The van der Waals surface area contributed by atoms with Crippen molar-refractivity contribution in [2.24, 2.45) is 0 Å². The Bertz CT molecular complexity index is 257. The van der Waals surface area contributed by atoms with Crippen molar-refractivity contribution in [3.05, 3.63) is 0 Å². The molecule has 1 unspecified atom stereocenters. The number of carboxylic acid groups (broad SMARTS) is 2. The number of aliphatic hydroxyl groups excluding tert-OH is 1. The molecule has 140 valence electrons. The van der Waals surface area contributed by atoms with Crippen LogP contribution in [0.1, 0.15) is 48.0 Å². The lowest BCUT2D eigenvalue weighted by molar-refractivity contribution is -0.152. The first-order valence-electron chi connectivity index (χ1n) is 8.30. The van der Waals surface area contributed by atoms with Crippen molar-refractivity contribution >= 4 is 11.9 Å². The van der Waals surface area contributed by atoms with Crippen molar-refractivity contribution in [1.29, 1.82) is 0 Å². The van der Waals surface area contributed by atoms with Gasteiger partial charge in [0.1, 0.15) is 0 Å². The Morgan fingerprint density at radius 2 is 1.00 bits per heavy atom. The maximum absolute atomic E-state index is 9.72. The molecule has 0 bridgehead atoms. The normalized spacial score (nSPS) is 11.2. The van der Waals surface area contributed by atoms with E-state index in [1.165, 1.54) is 39.3 Å². The van der Waals surface area contributed by atoms with Crippen LogP contribution in [0, 0.1) is 0 Å². The maximum Gasteiger partial charge on any atom is 0.333 e. The third kappa shape index (κ3) is 20.8. The van der Waals surface area contributed by atoms with Gasteiger partial charge in [0.05, 0.1) is 6.42 Å². The molecule has 0 aliphatic heterocycles. The lowest BCUT2D eigenvalue weighted by Crippen LogP contribution is -2.22. The zero-order valence-electron chi connectivity index (χ0n) is 15.6. The molecule has 3 N–H and O–H groups in total. The summed E-state index contributed by atoms with van der Waals surface area (Å²) >= 11 is 0. The Morgan fingerprint density at radius 3 is 1.04 bits per heavy atom. The second-order valence-electron chi connectivity index (χ2n) is 4.69. The van der Waals surface area contributed by atoms with Crippen LogP contribution in [-0.4, -0.2) is 82.4 Å². The molecule has 0 saturated heterocycles. The third-order valence-electron chi connectivity index (χ3n) is 3.34. The van der Waals surface area contributed by atoms with E-state index in [1.807, 2.05) is 0 Å². The van der Waals surface area contributed by atoms with Crippen LogP contribution < -0.4 is 0 Å². The highest BCUT2D eigenvalue weighted by Crippen LogP contribution is 1.89. The zero-order chi connectivity index (χ0) is 18.8. The molecule has 0 aromatic carbocycles. The van der Waals surface area contributed by atoms with Crippen LogP contribution in [0.5, 0.6) is 0 Å². The van der Waals surface area contributed by atoms with E-state index < -0.39 is 24.5 Å². The topological polar surface area (TPSA) is 101 Å². The fourth-order valence-electron chi connectivity index (χ4n) is 1.59. The van der Waals surface area contributed by atoms with Crippen LogP contribution in [0.3, 0.4) is 0 Å². The predicted molar refractivity (Wildman–Crippen MR) is 92.8 cm³/mol. The highest BCUT2D eigenvalue weighted by atomic mass is 16.4. The molecule has 0 heterocycles. The summed E-state index contributed by atoms with van der Waals surface area (Å²) in [6.07, 6.45) is -2.54. The van der Waals surface area contributed by atoms with E-state index in [-0.39, 0.29) is 0 Å². The Hall–Kier alpha value is -1.18. The summed E-state index contributed by atoms with van der Waals surface area (Å²) in [7, 11) is 0. The molecule has 0 spiro atoms. The minimum Gasteiger partial charge on any atom is -0.481 e. The van der Waals surface area contributed by atoms with Gasteiger partial charge in [-0.1, -0.05) is 41.5 Å². The molecule has 0 amide bonds. The number of aliphatic hydroxyl groups is 1. The second kappa shape index (κ2) is 18.9. The van der Waals surface area contributed by atoms with Crippen LogP contribution in [0.2, 0.25) is 0 Å². The first-order chi connectivity index (χ1) is 10.7. The van der Waals surface area contributed by atoms with E-state index in [0.717, 1.165) is 0 Å². The van der Waals surface area contributed by atoms with E-state index in [9.17, 15) is 9.59 Å². The smallest absolute Gasteiger partial charge is 0.333 e. The van der Waals surface area contributed by atoms with Gasteiger partial charge in [0.15, 0.2) is 6.10 Å². The molecule has 23 heavy (non-hydrogen) atoms. The van der Waals surface area contributed by atoms with Crippen LogP contribution >= 0.6 is 0 Å². The summed E-state index contributed by atoms with van der Waals surface area (Å²) in [5.74, 6) is -2.85. The molecule has 0 rings (SSSR count). The van der Waals surface area contributed by atoms with Gasteiger partial charge in [-0.25, -0.2) is 4.79 Å². The predicted octanol–water partition coefficient (Wildman–Crippen LogP) is 1.60. The summed E-state index contributed by atoms with van der Waals surface area (Å²) in [5.41, 5.74) is 0. The van der Waals surface area contributed by atoms with Crippen molar-refractivity contribution < 1.29 is 24.9 Å². The average molecular weight is 336 g/mol. The lowest BCUT2D eigenvalue weighted by atomic mass is 10.3. The summed E-state index contributed by atoms with van der Waals surface area (Å²) in [6.45, 7) is 20.2. The van der Waals surface area contributed by atoms with E-state index in [1.54, 1.807) is 0 Å². The largest absolute Gasteiger partial charge is 0.481 e. The third-order valence-corrected chi connectivity index (χ3v) is 3.34. The Kier molecular flexibility index (Phi) is 21.9. The van der Waals surface area contributed by atoms with Gasteiger partial charge in [-0.3, -0.25) is 4.79 Å². The molecular weight excluding hydrogens is 300 g/mol. The van der Waals surface area contributed by atoms with Crippen molar-refractivity contribution in [1.82, 2.24) is 9.80 Å². The lowest BCUT2D eigenvalue weighted by Gasteiger charge is -2.13. The molecule has 0 fully saturated rings. The number of carbonyl (C=O) groups is 2. The summed E-state index contributed by atoms with van der Waals surface area (Å²) in [6, 6.07) is 0. The van der Waals surface area contributed by atoms with E-state index in [0.29, 0.717) is 0 Å². The fourth-order valence-corrected chi connectivity index (χ4v) is 1.59. The van der Waals surface area contributed by atoms with Crippen molar-refractivity contribution in [2.45, 2.75) is 54.1 Å². The first kappa shape index (κ1) is 26.7. The van der Waals surface area contributed by atoms with Crippen molar-refractivity contribution in [2.75, 3.05) is 39.3 Å². The Labute approximate surface area is 140 Å². The molecule has 0 aromatic rings. The number of rotatable bonds is 9. The highest BCUT2D eigenvalue weighted by molar-refractivity contribution is 5.79. The van der Waals surface area contributed by atoms with Gasteiger partial charge in [-0.2, -0.15) is 0 Å².